The highest BCUT2D eigenvalue weighted by atomic mass is 16.5. The van der Waals surface area contributed by atoms with E-state index >= 15 is 0 Å². The summed E-state index contributed by atoms with van der Waals surface area (Å²) in [5.74, 6) is 0.949. The highest BCUT2D eigenvalue weighted by Gasteiger charge is 2.36. The van der Waals surface area contributed by atoms with Gasteiger partial charge in [-0.3, -0.25) is 0 Å². The van der Waals surface area contributed by atoms with E-state index in [1.165, 1.54) is 19.3 Å². The van der Waals surface area contributed by atoms with Crippen molar-refractivity contribution in [3.8, 4) is 5.75 Å². The van der Waals surface area contributed by atoms with Gasteiger partial charge in [-0.05, 0) is 44.4 Å². The van der Waals surface area contributed by atoms with Crippen molar-refractivity contribution in [2.24, 2.45) is 0 Å². The molecule has 3 heteroatoms. The first-order valence-corrected chi connectivity index (χ1v) is 6.78. The summed E-state index contributed by atoms with van der Waals surface area (Å²) < 4.78 is 11.2. The molecule has 0 radical (unpaired) electrons. The number of nitrogens with one attached hydrogen (secondary N) is 1. The smallest absolute Gasteiger partial charge is 0.119 e. The predicted molar refractivity (Wildman–Crippen MR) is 73.0 cm³/mol. The summed E-state index contributed by atoms with van der Waals surface area (Å²) >= 11 is 0. The minimum absolute atomic E-state index is 0.125. The van der Waals surface area contributed by atoms with Crippen LogP contribution in [0.5, 0.6) is 5.75 Å². The second kappa shape index (κ2) is 6.76. The molecule has 0 unspecified atom stereocenters. The first kappa shape index (κ1) is 13.4. The fourth-order valence-electron chi connectivity index (χ4n) is 2.24. The number of ether oxygens (including phenoxy) is 2. The molecule has 100 valence electrons. The standard InChI is InChI=1S/C15H23NO2/c1-17-15(9-5-10-15)13-16-11-6-12-18-14-7-3-2-4-8-14/h2-4,7-8,16H,5-6,9-13H2,1H3. The van der Waals surface area contributed by atoms with E-state index in [1.807, 2.05) is 37.4 Å². The Kier molecular flexibility index (Phi) is 5.02. The number of rotatable bonds is 8. The van der Waals surface area contributed by atoms with Crippen LogP contribution in [0, 0.1) is 0 Å². The third-order valence-corrected chi connectivity index (χ3v) is 3.65. The van der Waals surface area contributed by atoms with Gasteiger partial charge in [0.1, 0.15) is 5.75 Å². The average molecular weight is 249 g/mol. The van der Waals surface area contributed by atoms with Crippen molar-refractivity contribution in [1.29, 1.82) is 0 Å². The topological polar surface area (TPSA) is 30.5 Å². The lowest BCUT2D eigenvalue weighted by Gasteiger charge is -2.40. The van der Waals surface area contributed by atoms with Gasteiger partial charge in [0.25, 0.3) is 0 Å². The Morgan fingerprint density at radius 2 is 2.00 bits per heavy atom. The van der Waals surface area contributed by atoms with E-state index in [0.29, 0.717) is 0 Å². The molecule has 0 saturated heterocycles. The third kappa shape index (κ3) is 3.72. The maximum atomic E-state index is 5.63. The molecule has 0 aliphatic heterocycles. The summed E-state index contributed by atoms with van der Waals surface area (Å²) in [5, 5.41) is 3.46. The predicted octanol–water partition coefficient (Wildman–Crippen LogP) is 2.61. The van der Waals surface area contributed by atoms with Crippen LogP contribution in [0.4, 0.5) is 0 Å². The maximum Gasteiger partial charge on any atom is 0.119 e. The van der Waals surface area contributed by atoms with E-state index in [4.69, 9.17) is 9.47 Å². The van der Waals surface area contributed by atoms with E-state index in [2.05, 4.69) is 5.32 Å². The number of methoxy groups -OCH3 is 1. The van der Waals surface area contributed by atoms with Gasteiger partial charge < -0.3 is 14.8 Å². The van der Waals surface area contributed by atoms with Gasteiger partial charge in [0.2, 0.25) is 0 Å². The molecular weight excluding hydrogens is 226 g/mol. The molecule has 1 saturated carbocycles. The van der Waals surface area contributed by atoms with Gasteiger partial charge in [0.15, 0.2) is 0 Å². The van der Waals surface area contributed by atoms with Crippen LogP contribution in [0.2, 0.25) is 0 Å². The SMILES string of the molecule is COC1(CNCCCOc2ccccc2)CCC1. The highest BCUT2D eigenvalue weighted by Crippen LogP contribution is 2.34. The molecule has 1 aromatic rings. The quantitative estimate of drug-likeness (QED) is 0.718. The van der Waals surface area contributed by atoms with Crippen molar-refractivity contribution >= 4 is 0 Å². The van der Waals surface area contributed by atoms with Crippen LogP contribution < -0.4 is 10.1 Å². The highest BCUT2D eigenvalue weighted by molar-refractivity contribution is 5.20. The van der Waals surface area contributed by atoms with Crippen LogP contribution in [0.3, 0.4) is 0 Å². The minimum atomic E-state index is 0.125. The lowest BCUT2D eigenvalue weighted by Crippen LogP contribution is -2.48. The van der Waals surface area contributed by atoms with Crippen molar-refractivity contribution in [2.75, 3.05) is 26.8 Å². The molecular formula is C15H23NO2. The Balaban J connectivity index is 1.51. The molecule has 1 N–H and O–H groups in total. The van der Waals surface area contributed by atoms with Crippen LogP contribution in [-0.2, 0) is 4.74 Å². The molecule has 1 aliphatic rings. The number of hydrogen-bond acceptors (Lipinski definition) is 3. The van der Waals surface area contributed by atoms with Gasteiger partial charge in [-0.15, -0.1) is 0 Å². The van der Waals surface area contributed by atoms with Crippen molar-refractivity contribution in [3.05, 3.63) is 30.3 Å². The number of benzene rings is 1. The molecule has 0 spiro atoms. The molecule has 3 nitrogen and oxygen atoms in total. The van der Waals surface area contributed by atoms with Crippen molar-refractivity contribution in [1.82, 2.24) is 5.32 Å². The first-order valence-electron chi connectivity index (χ1n) is 6.78. The van der Waals surface area contributed by atoms with Gasteiger partial charge >= 0.3 is 0 Å². The Morgan fingerprint density at radius 1 is 1.22 bits per heavy atom. The Bertz CT molecular complexity index is 330. The minimum Gasteiger partial charge on any atom is -0.494 e. The molecule has 0 aromatic heterocycles. The van der Waals surface area contributed by atoms with Crippen molar-refractivity contribution < 1.29 is 9.47 Å². The van der Waals surface area contributed by atoms with Crippen LogP contribution in [-0.4, -0.2) is 32.4 Å². The van der Waals surface area contributed by atoms with Crippen molar-refractivity contribution in [3.63, 3.8) is 0 Å². The number of hydrogen-bond donors (Lipinski definition) is 1. The van der Waals surface area contributed by atoms with Crippen LogP contribution >= 0.6 is 0 Å². The van der Waals surface area contributed by atoms with Crippen LogP contribution in [0.25, 0.3) is 0 Å². The summed E-state index contributed by atoms with van der Waals surface area (Å²) in [6.07, 6.45) is 4.70. The second-order valence-corrected chi connectivity index (χ2v) is 4.93. The normalized spacial score (nSPS) is 17.2. The maximum absolute atomic E-state index is 5.63. The third-order valence-electron chi connectivity index (χ3n) is 3.65. The Hall–Kier alpha value is -1.06. The molecule has 1 aromatic carbocycles. The van der Waals surface area contributed by atoms with Gasteiger partial charge in [-0.2, -0.15) is 0 Å². The average Bonchev–Trinajstić information content (AvgIpc) is 2.37. The number of para-hydroxylation sites is 1. The first-order chi connectivity index (χ1) is 8.85. The van der Waals surface area contributed by atoms with E-state index in [-0.39, 0.29) is 5.60 Å². The lowest BCUT2D eigenvalue weighted by atomic mass is 9.80. The molecule has 1 aliphatic carbocycles. The zero-order valence-corrected chi connectivity index (χ0v) is 11.2. The van der Waals surface area contributed by atoms with Crippen LogP contribution in [0.15, 0.2) is 30.3 Å². The summed E-state index contributed by atoms with van der Waals surface area (Å²) in [4.78, 5) is 0. The zero-order chi connectivity index (χ0) is 12.7. The van der Waals surface area contributed by atoms with Crippen LogP contribution in [0.1, 0.15) is 25.7 Å². The van der Waals surface area contributed by atoms with E-state index in [9.17, 15) is 0 Å². The summed E-state index contributed by atoms with van der Waals surface area (Å²) in [6.45, 7) is 2.71. The fourth-order valence-corrected chi connectivity index (χ4v) is 2.24. The lowest BCUT2D eigenvalue weighted by molar-refractivity contribution is -0.0693. The summed E-state index contributed by atoms with van der Waals surface area (Å²) in [5.41, 5.74) is 0.125. The largest absolute Gasteiger partial charge is 0.494 e. The van der Waals surface area contributed by atoms with E-state index < -0.39 is 0 Å². The monoisotopic (exact) mass is 249 g/mol. The van der Waals surface area contributed by atoms with Gasteiger partial charge in [-0.1, -0.05) is 18.2 Å². The van der Waals surface area contributed by atoms with E-state index in [1.54, 1.807) is 0 Å². The van der Waals surface area contributed by atoms with Gasteiger partial charge in [-0.25, -0.2) is 0 Å². The molecule has 0 bridgehead atoms. The molecule has 0 amide bonds. The summed E-state index contributed by atoms with van der Waals surface area (Å²) in [7, 11) is 1.82. The molecule has 0 heterocycles. The van der Waals surface area contributed by atoms with Crippen molar-refractivity contribution in [2.45, 2.75) is 31.3 Å². The molecule has 18 heavy (non-hydrogen) atoms. The second-order valence-electron chi connectivity index (χ2n) is 4.93. The fraction of sp³-hybridized carbons (Fsp3) is 0.600. The Labute approximate surface area is 109 Å². The van der Waals surface area contributed by atoms with Gasteiger partial charge in [0, 0.05) is 13.7 Å². The molecule has 2 rings (SSSR count). The van der Waals surface area contributed by atoms with Gasteiger partial charge in [0.05, 0.1) is 12.2 Å². The molecule has 1 fully saturated rings. The van der Waals surface area contributed by atoms with E-state index in [0.717, 1.165) is 31.9 Å². The molecule has 0 atom stereocenters. The Morgan fingerprint density at radius 3 is 2.61 bits per heavy atom. The summed E-state index contributed by atoms with van der Waals surface area (Å²) in [6, 6.07) is 9.96. The zero-order valence-electron chi connectivity index (χ0n) is 11.2.